The number of hydrogen-bond acceptors (Lipinski definition) is 3. The molecule has 0 unspecified atom stereocenters. The SMILES string of the molecule is O=C(C[NH+]1CC[NH+](Cc2nc3ccccc3s2)CC1)NCC(F)(F)F. The largest absolute Gasteiger partial charge is 0.405 e. The Morgan fingerprint density at radius 1 is 1.16 bits per heavy atom. The van der Waals surface area contributed by atoms with E-state index >= 15 is 0 Å². The molecule has 0 saturated carbocycles. The van der Waals surface area contributed by atoms with Crippen LogP contribution in [-0.4, -0.2) is 56.3 Å². The number of thiazole rings is 1. The zero-order valence-electron chi connectivity index (χ0n) is 13.7. The third-order valence-corrected chi connectivity index (χ3v) is 5.34. The molecular formula is C16H21F3N4OS+2. The summed E-state index contributed by atoms with van der Waals surface area (Å²) in [6.07, 6.45) is -4.36. The summed E-state index contributed by atoms with van der Waals surface area (Å²) >= 11 is 1.70. The van der Waals surface area contributed by atoms with Gasteiger partial charge in [0, 0.05) is 0 Å². The average molecular weight is 374 g/mol. The molecule has 2 aromatic rings. The van der Waals surface area contributed by atoms with Crippen LogP contribution in [0.5, 0.6) is 0 Å². The number of fused-ring (bicyclic) bond motifs is 1. The lowest BCUT2D eigenvalue weighted by atomic mass is 10.3. The molecule has 0 atom stereocenters. The summed E-state index contributed by atoms with van der Waals surface area (Å²) in [6, 6.07) is 8.05. The third kappa shape index (κ3) is 5.38. The van der Waals surface area contributed by atoms with Gasteiger partial charge in [0.2, 0.25) is 0 Å². The molecule has 1 aliphatic rings. The number of nitrogens with one attached hydrogen (secondary N) is 3. The summed E-state index contributed by atoms with van der Waals surface area (Å²) in [5, 5.41) is 3.04. The van der Waals surface area contributed by atoms with Crippen LogP contribution in [0.4, 0.5) is 13.2 Å². The molecule has 1 aromatic carbocycles. The second-order valence-corrected chi connectivity index (χ2v) is 7.44. The number of hydrogen-bond donors (Lipinski definition) is 3. The van der Waals surface area contributed by atoms with Gasteiger partial charge in [-0.1, -0.05) is 12.1 Å². The van der Waals surface area contributed by atoms with E-state index in [-0.39, 0.29) is 6.54 Å². The van der Waals surface area contributed by atoms with Crippen molar-refractivity contribution in [2.24, 2.45) is 0 Å². The van der Waals surface area contributed by atoms with Crippen molar-refractivity contribution in [2.75, 3.05) is 39.3 Å². The number of para-hydroxylation sites is 1. The maximum Gasteiger partial charge on any atom is 0.405 e. The highest BCUT2D eigenvalue weighted by Crippen LogP contribution is 2.20. The molecule has 0 spiro atoms. The van der Waals surface area contributed by atoms with E-state index in [0.29, 0.717) is 0 Å². The predicted molar refractivity (Wildman–Crippen MR) is 88.6 cm³/mol. The lowest BCUT2D eigenvalue weighted by molar-refractivity contribution is -1.02. The van der Waals surface area contributed by atoms with Crippen LogP contribution in [0.1, 0.15) is 5.01 Å². The summed E-state index contributed by atoms with van der Waals surface area (Å²) < 4.78 is 37.5. The number of nitrogens with zero attached hydrogens (tertiary/aromatic N) is 1. The summed E-state index contributed by atoms with van der Waals surface area (Å²) in [7, 11) is 0. The summed E-state index contributed by atoms with van der Waals surface area (Å²) in [4.78, 5) is 18.7. The van der Waals surface area contributed by atoms with Crippen molar-refractivity contribution in [2.45, 2.75) is 12.7 Å². The normalized spacial score (nSPS) is 21.4. The number of benzene rings is 1. The van der Waals surface area contributed by atoms with E-state index in [1.807, 2.05) is 23.5 Å². The monoisotopic (exact) mass is 374 g/mol. The first-order valence-corrected chi connectivity index (χ1v) is 9.06. The minimum atomic E-state index is -4.36. The fraction of sp³-hybridized carbons (Fsp3) is 0.500. The first-order chi connectivity index (χ1) is 11.9. The van der Waals surface area contributed by atoms with Crippen molar-refractivity contribution < 1.29 is 27.8 Å². The standard InChI is InChI=1S/C16H19F3N4OS/c17-16(18,19)11-20-14(24)9-22-5-7-23(8-6-22)10-15-21-12-3-1-2-4-13(12)25-15/h1-4H,5-11H2,(H,20,24)/p+2. The van der Waals surface area contributed by atoms with E-state index in [0.717, 1.165) is 48.1 Å². The highest BCUT2D eigenvalue weighted by Gasteiger charge is 2.30. The molecular weight excluding hydrogens is 353 g/mol. The Balaban J connectivity index is 1.43. The minimum absolute atomic E-state index is 0.102. The van der Waals surface area contributed by atoms with Crippen LogP contribution in [0, 0.1) is 0 Å². The second-order valence-electron chi connectivity index (χ2n) is 6.32. The second kappa shape index (κ2) is 7.67. The van der Waals surface area contributed by atoms with Gasteiger partial charge in [0.25, 0.3) is 5.91 Å². The number of carbonyl (C=O) groups is 1. The van der Waals surface area contributed by atoms with Gasteiger partial charge in [0.15, 0.2) is 6.54 Å². The topological polar surface area (TPSA) is 50.9 Å². The van der Waals surface area contributed by atoms with E-state index in [2.05, 4.69) is 11.1 Å². The van der Waals surface area contributed by atoms with E-state index in [1.165, 1.54) is 9.60 Å². The van der Waals surface area contributed by atoms with Gasteiger partial charge < -0.3 is 15.1 Å². The molecule has 1 saturated heterocycles. The van der Waals surface area contributed by atoms with Crippen LogP contribution < -0.4 is 15.1 Å². The Kier molecular flexibility index (Phi) is 5.55. The van der Waals surface area contributed by atoms with Gasteiger partial charge in [0.1, 0.15) is 44.3 Å². The summed E-state index contributed by atoms with van der Waals surface area (Å²) in [5.74, 6) is -0.540. The lowest BCUT2D eigenvalue weighted by Crippen LogP contribution is -3.28. The number of alkyl halides is 3. The molecule has 136 valence electrons. The van der Waals surface area contributed by atoms with Crippen molar-refractivity contribution in [3.63, 3.8) is 0 Å². The predicted octanol–water partition coefficient (Wildman–Crippen LogP) is -0.742. The fourth-order valence-corrected chi connectivity index (χ4v) is 4.05. The van der Waals surface area contributed by atoms with E-state index in [1.54, 1.807) is 11.3 Å². The zero-order valence-corrected chi connectivity index (χ0v) is 14.5. The molecule has 3 N–H and O–H groups in total. The first kappa shape index (κ1) is 18.1. The Bertz CT molecular complexity index is 692. The van der Waals surface area contributed by atoms with Crippen molar-refractivity contribution in [3.8, 4) is 0 Å². The van der Waals surface area contributed by atoms with Crippen LogP contribution >= 0.6 is 11.3 Å². The Labute approximate surface area is 147 Å². The fourth-order valence-electron chi connectivity index (χ4n) is 3.01. The lowest BCUT2D eigenvalue weighted by Gasteiger charge is -2.28. The molecule has 5 nitrogen and oxygen atoms in total. The summed E-state index contributed by atoms with van der Waals surface area (Å²) in [5.41, 5.74) is 1.02. The van der Waals surface area contributed by atoms with E-state index in [4.69, 9.17) is 0 Å². The molecule has 1 aliphatic heterocycles. The zero-order chi connectivity index (χ0) is 17.9. The third-order valence-electron chi connectivity index (χ3n) is 4.30. The molecule has 0 radical (unpaired) electrons. The highest BCUT2D eigenvalue weighted by molar-refractivity contribution is 7.18. The van der Waals surface area contributed by atoms with Gasteiger partial charge in [-0.2, -0.15) is 13.2 Å². The summed E-state index contributed by atoms with van der Waals surface area (Å²) in [6.45, 7) is 3.03. The minimum Gasteiger partial charge on any atom is -0.342 e. The Hall–Kier alpha value is -1.71. The number of amides is 1. The van der Waals surface area contributed by atoms with E-state index < -0.39 is 18.6 Å². The molecule has 2 heterocycles. The maximum absolute atomic E-state index is 12.1. The van der Waals surface area contributed by atoms with Gasteiger partial charge >= 0.3 is 6.18 Å². The van der Waals surface area contributed by atoms with Crippen LogP contribution in [0.3, 0.4) is 0 Å². The van der Waals surface area contributed by atoms with Gasteiger partial charge in [-0.25, -0.2) is 4.98 Å². The molecule has 0 bridgehead atoms. The van der Waals surface area contributed by atoms with Crippen molar-refractivity contribution in [1.82, 2.24) is 10.3 Å². The number of rotatable bonds is 5. The van der Waals surface area contributed by atoms with Crippen LogP contribution in [-0.2, 0) is 11.3 Å². The highest BCUT2D eigenvalue weighted by atomic mass is 32.1. The van der Waals surface area contributed by atoms with Gasteiger partial charge in [-0.05, 0) is 12.1 Å². The quantitative estimate of drug-likeness (QED) is 0.646. The molecule has 9 heteroatoms. The molecule has 25 heavy (non-hydrogen) atoms. The van der Waals surface area contributed by atoms with Crippen LogP contribution in [0.25, 0.3) is 10.2 Å². The number of carbonyl (C=O) groups excluding carboxylic acids is 1. The van der Waals surface area contributed by atoms with E-state index in [9.17, 15) is 18.0 Å². The molecule has 3 rings (SSSR count). The Morgan fingerprint density at radius 3 is 2.52 bits per heavy atom. The smallest absolute Gasteiger partial charge is 0.342 e. The number of aromatic nitrogens is 1. The Morgan fingerprint density at radius 2 is 1.84 bits per heavy atom. The number of piperazine rings is 1. The molecule has 1 fully saturated rings. The van der Waals surface area contributed by atoms with Crippen LogP contribution in [0.15, 0.2) is 24.3 Å². The average Bonchev–Trinajstić information content (AvgIpc) is 2.96. The number of quaternary nitrogens is 2. The van der Waals surface area contributed by atoms with Crippen LogP contribution in [0.2, 0.25) is 0 Å². The maximum atomic E-state index is 12.1. The molecule has 1 amide bonds. The number of halogens is 3. The van der Waals surface area contributed by atoms with Gasteiger partial charge in [0.05, 0.1) is 10.2 Å². The van der Waals surface area contributed by atoms with Crippen molar-refractivity contribution in [3.05, 3.63) is 29.3 Å². The first-order valence-electron chi connectivity index (χ1n) is 8.24. The van der Waals surface area contributed by atoms with Gasteiger partial charge in [-0.15, -0.1) is 11.3 Å². The van der Waals surface area contributed by atoms with Crippen molar-refractivity contribution >= 4 is 27.5 Å². The van der Waals surface area contributed by atoms with Gasteiger partial charge in [-0.3, -0.25) is 4.79 Å². The van der Waals surface area contributed by atoms with Crippen molar-refractivity contribution in [1.29, 1.82) is 0 Å². The molecule has 0 aliphatic carbocycles. The molecule has 1 aromatic heterocycles.